The first kappa shape index (κ1) is 17.0. The molecule has 5 nitrogen and oxygen atoms in total. The molecule has 1 aromatic rings. The first-order valence-electron chi connectivity index (χ1n) is 8.73. The Kier molecular flexibility index (Phi) is 5.42. The van der Waals surface area contributed by atoms with Gasteiger partial charge in [0.05, 0.1) is 32.6 Å². The summed E-state index contributed by atoms with van der Waals surface area (Å²) in [7, 11) is 2.20. The molecule has 1 spiro atoms. The molecule has 0 radical (unpaired) electrons. The first-order chi connectivity index (χ1) is 11.1. The second-order valence-corrected chi connectivity index (χ2v) is 7.44. The highest BCUT2D eigenvalue weighted by Crippen LogP contribution is 2.33. The Balaban J connectivity index is 1.59. The third-order valence-corrected chi connectivity index (χ3v) is 5.10. The molecule has 0 aromatic carbocycles. The Morgan fingerprint density at radius 3 is 3.04 bits per heavy atom. The summed E-state index contributed by atoms with van der Waals surface area (Å²) in [6, 6.07) is 4.56. The molecular formula is C18H30N2O3. The van der Waals surface area contributed by atoms with E-state index in [4.69, 9.17) is 13.9 Å². The molecular weight excluding hydrogens is 292 g/mol. The average Bonchev–Trinajstić information content (AvgIpc) is 3.09. The summed E-state index contributed by atoms with van der Waals surface area (Å²) in [4.78, 5) is 4.81. The predicted molar refractivity (Wildman–Crippen MR) is 89.4 cm³/mol. The van der Waals surface area contributed by atoms with Crippen molar-refractivity contribution in [2.45, 2.75) is 38.5 Å². The lowest BCUT2D eigenvalue weighted by atomic mass is 9.93. The fourth-order valence-corrected chi connectivity index (χ4v) is 3.63. The predicted octanol–water partition coefficient (Wildman–Crippen LogP) is 2.23. The van der Waals surface area contributed by atoms with Crippen LogP contribution in [0.1, 0.15) is 26.0 Å². The highest BCUT2D eigenvalue weighted by molar-refractivity contribution is 5.00. The Hall–Kier alpha value is -0.880. The van der Waals surface area contributed by atoms with E-state index in [1.54, 1.807) is 6.26 Å². The molecule has 130 valence electrons. The number of nitrogens with zero attached hydrogens (tertiary/aromatic N) is 2. The van der Waals surface area contributed by atoms with E-state index in [0.29, 0.717) is 18.6 Å². The van der Waals surface area contributed by atoms with Crippen molar-refractivity contribution in [2.24, 2.45) is 5.92 Å². The van der Waals surface area contributed by atoms with E-state index in [9.17, 15) is 0 Å². The molecule has 23 heavy (non-hydrogen) atoms. The molecule has 2 aliphatic rings. The van der Waals surface area contributed by atoms with Gasteiger partial charge in [0.25, 0.3) is 0 Å². The zero-order chi connectivity index (χ0) is 16.3. The average molecular weight is 322 g/mol. The molecule has 0 unspecified atom stereocenters. The molecule has 2 saturated heterocycles. The van der Waals surface area contributed by atoms with Gasteiger partial charge in [-0.05, 0) is 45.4 Å². The summed E-state index contributed by atoms with van der Waals surface area (Å²) in [6.07, 6.45) is 2.82. The van der Waals surface area contributed by atoms with Crippen LogP contribution in [0.2, 0.25) is 0 Å². The molecule has 1 aromatic heterocycles. The molecule has 2 aliphatic heterocycles. The van der Waals surface area contributed by atoms with Crippen molar-refractivity contribution in [3.05, 3.63) is 24.2 Å². The van der Waals surface area contributed by atoms with Crippen molar-refractivity contribution in [2.75, 3.05) is 46.5 Å². The van der Waals surface area contributed by atoms with Gasteiger partial charge in [-0.25, -0.2) is 0 Å². The maximum absolute atomic E-state index is 6.28. The molecule has 0 saturated carbocycles. The van der Waals surface area contributed by atoms with Gasteiger partial charge in [-0.1, -0.05) is 0 Å². The number of ether oxygens (including phenoxy) is 2. The van der Waals surface area contributed by atoms with Gasteiger partial charge in [-0.15, -0.1) is 0 Å². The lowest BCUT2D eigenvalue weighted by Crippen LogP contribution is -2.44. The van der Waals surface area contributed by atoms with Crippen molar-refractivity contribution < 1.29 is 13.9 Å². The summed E-state index contributed by atoms with van der Waals surface area (Å²) >= 11 is 0. The van der Waals surface area contributed by atoms with Crippen LogP contribution in [0.4, 0.5) is 0 Å². The van der Waals surface area contributed by atoms with Crippen LogP contribution in [0.3, 0.4) is 0 Å². The fourth-order valence-electron chi connectivity index (χ4n) is 3.63. The van der Waals surface area contributed by atoms with Crippen molar-refractivity contribution in [3.63, 3.8) is 0 Å². The van der Waals surface area contributed by atoms with Crippen LogP contribution in [0, 0.1) is 5.92 Å². The summed E-state index contributed by atoms with van der Waals surface area (Å²) in [6.45, 7) is 10.6. The van der Waals surface area contributed by atoms with E-state index in [2.05, 4.69) is 30.7 Å². The molecule has 3 heterocycles. The largest absolute Gasteiger partial charge is 0.468 e. The molecule has 0 aliphatic carbocycles. The number of furan rings is 1. The Labute approximate surface area is 139 Å². The number of hydrogen-bond acceptors (Lipinski definition) is 5. The number of hydrogen-bond donors (Lipinski definition) is 0. The van der Waals surface area contributed by atoms with Crippen LogP contribution in [0.25, 0.3) is 0 Å². The maximum atomic E-state index is 6.28. The minimum absolute atomic E-state index is 0.147. The second kappa shape index (κ2) is 7.34. The van der Waals surface area contributed by atoms with E-state index < -0.39 is 0 Å². The van der Waals surface area contributed by atoms with Gasteiger partial charge in [0.2, 0.25) is 0 Å². The highest BCUT2D eigenvalue weighted by Gasteiger charge is 2.43. The van der Waals surface area contributed by atoms with Crippen LogP contribution in [0.15, 0.2) is 22.8 Å². The van der Waals surface area contributed by atoms with Gasteiger partial charge in [0.1, 0.15) is 11.4 Å². The summed E-state index contributed by atoms with van der Waals surface area (Å²) in [5, 5.41) is 0. The van der Waals surface area contributed by atoms with Crippen LogP contribution < -0.4 is 0 Å². The Bertz CT molecular complexity index is 477. The van der Waals surface area contributed by atoms with Gasteiger partial charge >= 0.3 is 0 Å². The van der Waals surface area contributed by atoms with Gasteiger partial charge in [-0.2, -0.15) is 0 Å². The lowest BCUT2D eigenvalue weighted by Gasteiger charge is -2.31. The Morgan fingerprint density at radius 1 is 1.43 bits per heavy atom. The van der Waals surface area contributed by atoms with E-state index in [0.717, 1.165) is 51.6 Å². The van der Waals surface area contributed by atoms with Crippen LogP contribution in [-0.2, 0) is 16.0 Å². The van der Waals surface area contributed by atoms with Gasteiger partial charge < -0.3 is 18.8 Å². The zero-order valence-electron chi connectivity index (χ0n) is 14.7. The van der Waals surface area contributed by atoms with Gasteiger partial charge in [0, 0.05) is 25.7 Å². The Morgan fingerprint density at radius 2 is 2.30 bits per heavy atom. The van der Waals surface area contributed by atoms with E-state index in [1.165, 1.54) is 0 Å². The highest BCUT2D eigenvalue weighted by atomic mass is 16.5. The van der Waals surface area contributed by atoms with E-state index in [1.807, 2.05) is 12.1 Å². The van der Waals surface area contributed by atoms with E-state index in [-0.39, 0.29) is 5.60 Å². The van der Waals surface area contributed by atoms with Gasteiger partial charge in [0.15, 0.2) is 0 Å². The number of rotatable bonds is 5. The third-order valence-electron chi connectivity index (χ3n) is 5.10. The maximum Gasteiger partial charge on any atom is 0.117 e. The molecule has 2 fully saturated rings. The standard InChI is InChI=1S/C18H30N2O3/c1-15(2)19(3)10-16-9-18(23-12-16)13-20(6-8-21-14-18)11-17-5-4-7-22-17/h4-5,7,15-16H,6,8-14H2,1-3H3/t16-,18+/m1/s1. The van der Waals surface area contributed by atoms with Crippen LogP contribution in [0.5, 0.6) is 0 Å². The summed E-state index contributed by atoms with van der Waals surface area (Å²) in [5.41, 5.74) is -0.147. The molecule has 0 bridgehead atoms. The minimum atomic E-state index is -0.147. The summed E-state index contributed by atoms with van der Waals surface area (Å²) in [5.74, 6) is 1.60. The van der Waals surface area contributed by atoms with Crippen molar-refractivity contribution in [1.82, 2.24) is 9.80 Å². The van der Waals surface area contributed by atoms with Crippen LogP contribution >= 0.6 is 0 Å². The summed E-state index contributed by atoms with van der Waals surface area (Å²) < 4.78 is 17.6. The normalized spacial score (nSPS) is 29.7. The smallest absolute Gasteiger partial charge is 0.117 e. The molecule has 0 N–H and O–H groups in total. The second-order valence-electron chi connectivity index (χ2n) is 7.44. The quantitative estimate of drug-likeness (QED) is 0.831. The molecule has 5 heteroatoms. The van der Waals surface area contributed by atoms with Gasteiger partial charge in [-0.3, -0.25) is 4.90 Å². The lowest BCUT2D eigenvalue weighted by molar-refractivity contribution is -0.0566. The monoisotopic (exact) mass is 322 g/mol. The van der Waals surface area contributed by atoms with Crippen molar-refractivity contribution >= 4 is 0 Å². The third kappa shape index (κ3) is 4.35. The SMILES string of the molecule is CC(C)N(C)C[C@@H]1CO[C@@]2(COCCN(Cc3ccco3)C2)C1. The van der Waals surface area contributed by atoms with Crippen LogP contribution in [-0.4, -0.2) is 67.9 Å². The topological polar surface area (TPSA) is 38.1 Å². The minimum Gasteiger partial charge on any atom is -0.468 e. The van der Waals surface area contributed by atoms with E-state index >= 15 is 0 Å². The fraction of sp³-hybridized carbons (Fsp3) is 0.778. The molecule has 0 amide bonds. The first-order valence-corrected chi connectivity index (χ1v) is 8.73. The van der Waals surface area contributed by atoms with Crippen molar-refractivity contribution in [3.8, 4) is 0 Å². The van der Waals surface area contributed by atoms with Crippen molar-refractivity contribution in [1.29, 1.82) is 0 Å². The molecule has 3 rings (SSSR count). The molecule has 2 atom stereocenters. The zero-order valence-corrected chi connectivity index (χ0v) is 14.7.